The van der Waals surface area contributed by atoms with Gasteiger partial charge in [0.15, 0.2) is 0 Å². The SMILES string of the molecule is CCc1[nH]ccc1C(=O)N1CCC(C(O)c2ccc(F)cc2)CC1. The fourth-order valence-corrected chi connectivity index (χ4v) is 3.42. The van der Waals surface area contributed by atoms with E-state index in [1.807, 2.05) is 17.9 Å². The Kier molecular flexibility index (Phi) is 5.00. The summed E-state index contributed by atoms with van der Waals surface area (Å²) >= 11 is 0. The van der Waals surface area contributed by atoms with Crippen molar-refractivity contribution in [3.63, 3.8) is 0 Å². The zero-order valence-corrected chi connectivity index (χ0v) is 13.8. The van der Waals surface area contributed by atoms with Crippen molar-refractivity contribution in [3.05, 3.63) is 59.2 Å². The highest BCUT2D eigenvalue weighted by molar-refractivity contribution is 5.95. The second-order valence-corrected chi connectivity index (χ2v) is 6.35. The van der Waals surface area contributed by atoms with Gasteiger partial charge in [-0.1, -0.05) is 19.1 Å². The van der Waals surface area contributed by atoms with Crippen LogP contribution in [0.15, 0.2) is 36.5 Å². The highest BCUT2D eigenvalue weighted by Gasteiger charge is 2.29. The van der Waals surface area contributed by atoms with E-state index < -0.39 is 6.10 Å². The monoisotopic (exact) mass is 330 g/mol. The summed E-state index contributed by atoms with van der Waals surface area (Å²) in [4.78, 5) is 17.6. The first kappa shape index (κ1) is 16.7. The summed E-state index contributed by atoms with van der Waals surface area (Å²) < 4.78 is 13.0. The van der Waals surface area contributed by atoms with Gasteiger partial charge in [-0.25, -0.2) is 4.39 Å². The van der Waals surface area contributed by atoms with Crippen LogP contribution >= 0.6 is 0 Å². The van der Waals surface area contributed by atoms with Crippen molar-refractivity contribution in [3.8, 4) is 0 Å². The van der Waals surface area contributed by atoms with Crippen molar-refractivity contribution in [1.29, 1.82) is 0 Å². The highest BCUT2D eigenvalue weighted by Crippen LogP contribution is 2.31. The van der Waals surface area contributed by atoms with Crippen molar-refractivity contribution in [1.82, 2.24) is 9.88 Å². The average Bonchev–Trinajstić information content (AvgIpc) is 3.10. The number of hydrogen-bond donors (Lipinski definition) is 2. The molecule has 0 radical (unpaired) electrons. The molecule has 1 saturated heterocycles. The van der Waals surface area contributed by atoms with E-state index in [1.165, 1.54) is 12.1 Å². The first-order valence-corrected chi connectivity index (χ1v) is 8.49. The summed E-state index contributed by atoms with van der Waals surface area (Å²) in [6.45, 7) is 3.29. The second-order valence-electron chi connectivity index (χ2n) is 6.35. The van der Waals surface area contributed by atoms with Gasteiger partial charge in [0.05, 0.1) is 11.7 Å². The van der Waals surface area contributed by atoms with Crippen LogP contribution in [0.1, 0.15) is 47.5 Å². The topological polar surface area (TPSA) is 56.3 Å². The summed E-state index contributed by atoms with van der Waals surface area (Å²) in [5.74, 6) is -0.149. The molecule has 1 aromatic heterocycles. The Balaban J connectivity index is 1.61. The number of amides is 1. The molecule has 128 valence electrons. The lowest BCUT2D eigenvalue weighted by molar-refractivity contribution is 0.0461. The number of carbonyl (C=O) groups excluding carboxylic acids is 1. The van der Waals surface area contributed by atoms with E-state index in [0.717, 1.165) is 36.1 Å². The fourth-order valence-electron chi connectivity index (χ4n) is 3.42. The summed E-state index contributed by atoms with van der Waals surface area (Å²) in [5.41, 5.74) is 2.45. The number of aromatic amines is 1. The number of benzene rings is 1. The van der Waals surface area contributed by atoms with Crippen molar-refractivity contribution in [2.45, 2.75) is 32.3 Å². The van der Waals surface area contributed by atoms with Gasteiger partial charge in [-0.3, -0.25) is 4.79 Å². The summed E-state index contributed by atoms with van der Waals surface area (Å²) in [6, 6.07) is 7.83. The Morgan fingerprint density at radius 3 is 2.58 bits per heavy atom. The molecule has 2 aromatic rings. The number of nitrogens with one attached hydrogen (secondary N) is 1. The minimum atomic E-state index is -0.610. The number of nitrogens with zero attached hydrogens (tertiary/aromatic N) is 1. The molecule has 0 spiro atoms. The fraction of sp³-hybridized carbons (Fsp3) is 0.421. The molecule has 1 unspecified atom stereocenters. The van der Waals surface area contributed by atoms with Crippen LogP contribution in [-0.2, 0) is 6.42 Å². The van der Waals surface area contributed by atoms with Crippen LogP contribution in [0.4, 0.5) is 4.39 Å². The normalized spacial score (nSPS) is 17.0. The number of H-pyrrole nitrogens is 1. The van der Waals surface area contributed by atoms with Crippen LogP contribution in [-0.4, -0.2) is 34.0 Å². The molecule has 0 saturated carbocycles. The van der Waals surface area contributed by atoms with Crippen molar-refractivity contribution < 1.29 is 14.3 Å². The van der Waals surface area contributed by atoms with Crippen LogP contribution in [0.2, 0.25) is 0 Å². The first-order valence-electron chi connectivity index (χ1n) is 8.49. The zero-order valence-electron chi connectivity index (χ0n) is 13.8. The largest absolute Gasteiger partial charge is 0.388 e. The molecule has 1 fully saturated rings. The number of hydrogen-bond acceptors (Lipinski definition) is 2. The molecule has 1 atom stereocenters. The molecular formula is C19H23FN2O2. The minimum absolute atomic E-state index is 0.0582. The number of rotatable bonds is 4. The Labute approximate surface area is 141 Å². The molecule has 0 aliphatic carbocycles. The Morgan fingerprint density at radius 1 is 1.29 bits per heavy atom. The lowest BCUT2D eigenvalue weighted by Gasteiger charge is -2.34. The van der Waals surface area contributed by atoms with Gasteiger partial charge >= 0.3 is 0 Å². The van der Waals surface area contributed by atoms with E-state index in [1.54, 1.807) is 18.3 Å². The van der Waals surface area contributed by atoms with Gasteiger partial charge in [0.25, 0.3) is 5.91 Å². The number of aliphatic hydroxyl groups is 1. The molecule has 1 aromatic carbocycles. The Bertz CT molecular complexity index is 688. The maximum absolute atomic E-state index is 13.0. The molecule has 5 heteroatoms. The molecule has 3 rings (SSSR count). The minimum Gasteiger partial charge on any atom is -0.388 e. The molecule has 0 bridgehead atoms. The maximum Gasteiger partial charge on any atom is 0.255 e. The quantitative estimate of drug-likeness (QED) is 0.904. The lowest BCUT2D eigenvalue weighted by atomic mass is 9.87. The van der Waals surface area contributed by atoms with Gasteiger partial charge in [0, 0.05) is 25.0 Å². The van der Waals surface area contributed by atoms with Gasteiger partial charge in [-0.15, -0.1) is 0 Å². The van der Waals surface area contributed by atoms with Gasteiger partial charge in [-0.05, 0) is 48.9 Å². The van der Waals surface area contributed by atoms with Crippen LogP contribution in [0.5, 0.6) is 0 Å². The van der Waals surface area contributed by atoms with Gasteiger partial charge in [0.2, 0.25) is 0 Å². The standard InChI is InChI=1S/C19H23FN2O2/c1-2-17-16(7-10-21-17)19(24)22-11-8-14(9-12-22)18(23)13-3-5-15(20)6-4-13/h3-7,10,14,18,21,23H,2,8-9,11-12H2,1H3. The number of aliphatic hydroxyl groups excluding tert-OH is 1. The Hall–Kier alpha value is -2.14. The zero-order chi connectivity index (χ0) is 17.1. The average molecular weight is 330 g/mol. The van der Waals surface area contributed by atoms with E-state index in [0.29, 0.717) is 13.1 Å². The van der Waals surface area contributed by atoms with Crippen LogP contribution < -0.4 is 0 Å². The number of aryl methyl sites for hydroxylation is 1. The number of piperidine rings is 1. The third-order valence-electron chi connectivity index (χ3n) is 4.90. The van der Waals surface area contributed by atoms with Crippen LogP contribution in [0.25, 0.3) is 0 Å². The Morgan fingerprint density at radius 2 is 1.96 bits per heavy atom. The van der Waals surface area contributed by atoms with Crippen LogP contribution in [0, 0.1) is 11.7 Å². The van der Waals surface area contributed by atoms with Crippen molar-refractivity contribution in [2.75, 3.05) is 13.1 Å². The maximum atomic E-state index is 13.0. The first-order chi connectivity index (χ1) is 11.6. The van der Waals surface area contributed by atoms with Gasteiger partial charge < -0.3 is 15.0 Å². The number of likely N-dealkylation sites (tertiary alicyclic amines) is 1. The van der Waals surface area contributed by atoms with Crippen LogP contribution in [0.3, 0.4) is 0 Å². The molecule has 4 nitrogen and oxygen atoms in total. The molecule has 2 heterocycles. The third-order valence-corrected chi connectivity index (χ3v) is 4.90. The molecule has 1 aliphatic heterocycles. The summed E-state index contributed by atoms with van der Waals surface area (Å²) in [5, 5.41) is 10.5. The highest BCUT2D eigenvalue weighted by atomic mass is 19.1. The lowest BCUT2D eigenvalue weighted by Crippen LogP contribution is -2.40. The van der Waals surface area contributed by atoms with E-state index in [-0.39, 0.29) is 17.6 Å². The van der Waals surface area contributed by atoms with E-state index in [9.17, 15) is 14.3 Å². The number of aromatic nitrogens is 1. The van der Waals surface area contributed by atoms with Gasteiger partial charge in [0.1, 0.15) is 5.82 Å². The summed E-state index contributed by atoms with van der Waals surface area (Å²) in [6.07, 6.45) is 3.48. The van der Waals surface area contributed by atoms with E-state index in [4.69, 9.17) is 0 Å². The third kappa shape index (κ3) is 3.36. The van der Waals surface area contributed by atoms with Crippen molar-refractivity contribution in [2.24, 2.45) is 5.92 Å². The van der Waals surface area contributed by atoms with E-state index in [2.05, 4.69) is 4.98 Å². The molecule has 1 amide bonds. The van der Waals surface area contributed by atoms with Crippen molar-refractivity contribution >= 4 is 5.91 Å². The predicted molar refractivity (Wildman–Crippen MR) is 90.2 cm³/mol. The molecule has 1 aliphatic rings. The molecular weight excluding hydrogens is 307 g/mol. The number of halogens is 1. The molecule has 2 N–H and O–H groups in total. The predicted octanol–water partition coefficient (Wildman–Crippen LogP) is 3.30. The van der Waals surface area contributed by atoms with Gasteiger partial charge in [-0.2, -0.15) is 0 Å². The smallest absolute Gasteiger partial charge is 0.255 e. The summed E-state index contributed by atoms with van der Waals surface area (Å²) in [7, 11) is 0. The molecule has 24 heavy (non-hydrogen) atoms. The second kappa shape index (κ2) is 7.18. The number of carbonyl (C=O) groups is 1. The van der Waals surface area contributed by atoms with E-state index >= 15 is 0 Å².